The summed E-state index contributed by atoms with van der Waals surface area (Å²) in [7, 11) is 0. The number of hydrogen-bond donors (Lipinski definition) is 1. The van der Waals surface area contributed by atoms with E-state index in [1.807, 2.05) is 19.1 Å². The molecular weight excluding hydrogens is 662 g/mol. The van der Waals surface area contributed by atoms with Crippen LogP contribution in [0.3, 0.4) is 0 Å². The second-order valence-corrected chi connectivity index (χ2v) is 18.4. The third kappa shape index (κ3) is 4.32. The van der Waals surface area contributed by atoms with Crippen molar-refractivity contribution in [2.45, 2.75) is 125 Å². The van der Waals surface area contributed by atoms with Crippen LogP contribution in [0, 0.1) is 51.2 Å². The Kier molecular flexibility index (Phi) is 7.45. The fourth-order valence-electron chi connectivity index (χ4n) is 12.5. The van der Waals surface area contributed by atoms with E-state index in [2.05, 4.69) is 34.6 Å². The first-order chi connectivity index (χ1) is 24.4. The summed E-state index contributed by atoms with van der Waals surface area (Å²) in [6.45, 7) is 14.7. The number of hydrogen-bond acceptors (Lipinski definition) is 9. The highest BCUT2D eigenvalue weighted by Gasteiger charge is 2.81. The van der Waals surface area contributed by atoms with Crippen molar-refractivity contribution < 1.29 is 37.8 Å². The zero-order valence-electron chi connectivity index (χ0n) is 31.4. The number of carbonyl (C=O) groups excluding carboxylic acids is 2. The minimum absolute atomic E-state index is 0.0260. The van der Waals surface area contributed by atoms with Crippen molar-refractivity contribution in [3.05, 3.63) is 69.7 Å². The highest BCUT2D eigenvalue weighted by molar-refractivity contribution is 5.98. The Morgan fingerprint density at radius 1 is 0.904 bits per heavy atom. The maximum absolute atomic E-state index is 15.0. The summed E-state index contributed by atoms with van der Waals surface area (Å²) < 4.78 is 23.0. The first-order valence-corrected chi connectivity index (χ1v) is 19.0. The standard InChI is InChI=1S/C42H51NO9/c1-24-29(51-35(48)50-24)23-49-33-41(7)30(52-32(45)25-11-9-8-10-12-25)13-14-40(6)31-28(44)21-26-27-22-37(3,34(46)47)16-15-36(27,2)17-18-38(26,4)39(31,5)19-20-42(40,41)43-33/h8-12,21,27,30-31H,13-20,22-23H2,1-7H3,(H,46,47)/t27-,30-,31-,36+,37-,38+,39+,40+,41-,42-/m0/s1. The number of ketones is 1. The number of aliphatic imine (C=N–C) groups is 1. The first-order valence-electron chi connectivity index (χ1n) is 19.0. The molecule has 1 N–H and O–H groups in total. The van der Waals surface area contributed by atoms with E-state index in [1.54, 1.807) is 31.2 Å². The molecule has 52 heavy (non-hydrogen) atoms. The van der Waals surface area contributed by atoms with Crippen LogP contribution >= 0.6 is 0 Å². The van der Waals surface area contributed by atoms with E-state index in [0.29, 0.717) is 49.3 Å². The summed E-state index contributed by atoms with van der Waals surface area (Å²) in [5.41, 5.74) is -2.18. The van der Waals surface area contributed by atoms with Gasteiger partial charge in [-0.15, -0.1) is 0 Å². The molecular formula is C42H51NO9. The molecule has 0 unspecified atom stereocenters. The number of rotatable bonds is 5. The molecule has 1 aromatic carbocycles. The van der Waals surface area contributed by atoms with Crippen molar-refractivity contribution in [3.63, 3.8) is 0 Å². The van der Waals surface area contributed by atoms with Crippen LogP contribution in [0.25, 0.3) is 0 Å². The topological polar surface area (TPSA) is 146 Å². The van der Waals surface area contributed by atoms with Crippen LogP contribution in [0.1, 0.15) is 121 Å². The molecule has 2 aromatic rings. The van der Waals surface area contributed by atoms with Crippen LogP contribution in [0.4, 0.5) is 0 Å². The molecule has 0 radical (unpaired) electrons. The Bertz CT molecular complexity index is 1990. The maximum Gasteiger partial charge on any atom is 0.519 e. The van der Waals surface area contributed by atoms with Gasteiger partial charge in [0.05, 0.1) is 16.5 Å². The lowest BCUT2D eigenvalue weighted by molar-refractivity contribution is -0.215. The first kappa shape index (κ1) is 35.1. The van der Waals surface area contributed by atoms with Gasteiger partial charge in [-0.25, -0.2) is 14.6 Å². The van der Waals surface area contributed by atoms with Crippen molar-refractivity contribution in [2.75, 3.05) is 0 Å². The van der Waals surface area contributed by atoms with Gasteiger partial charge in [0.15, 0.2) is 29.8 Å². The van der Waals surface area contributed by atoms with Gasteiger partial charge in [-0.3, -0.25) is 9.59 Å². The number of aliphatic carboxylic acids is 1. The SMILES string of the molecule is Cc1oc(=O)oc1COC1=N[C@@]23CC[C@]4(C)[C@H](C(=O)C=C5[C@@H]6C[C@@](C)(C(=O)O)CC[C@]6(C)CC[C@]54C)[C@@]2(C)CC[C@H](OC(=O)c2ccccc2)[C@@]13C. The number of carbonyl (C=O) groups is 3. The summed E-state index contributed by atoms with van der Waals surface area (Å²) >= 11 is 0. The van der Waals surface area contributed by atoms with Gasteiger partial charge < -0.3 is 23.4 Å². The van der Waals surface area contributed by atoms with Crippen LogP contribution in [-0.2, 0) is 25.7 Å². The monoisotopic (exact) mass is 713 g/mol. The predicted molar refractivity (Wildman–Crippen MR) is 190 cm³/mol. The molecule has 0 amide bonds. The summed E-state index contributed by atoms with van der Waals surface area (Å²) in [5.74, 6) is -1.19. The molecule has 10 heteroatoms. The summed E-state index contributed by atoms with van der Waals surface area (Å²) in [5, 5.41) is 10.3. The number of aryl methyl sites for hydroxylation is 1. The minimum Gasteiger partial charge on any atom is -0.481 e. The molecule has 5 aliphatic carbocycles. The fourth-order valence-corrected chi connectivity index (χ4v) is 12.5. The number of ether oxygens (including phenoxy) is 2. The van der Waals surface area contributed by atoms with E-state index in [-0.39, 0.29) is 40.8 Å². The average molecular weight is 714 g/mol. The highest BCUT2D eigenvalue weighted by Crippen LogP contribution is 2.78. The van der Waals surface area contributed by atoms with Gasteiger partial charge in [0, 0.05) is 11.3 Å². The van der Waals surface area contributed by atoms with Crippen molar-refractivity contribution in [1.82, 2.24) is 0 Å². The van der Waals surface area contributed by atoms with Crippen molar-refractivity contribution in [2.24, 2.45) is 49.3 Å². The quantitative estimate of drug-likeness (QED) is 0.306. The Balaban J connectivity index is 1.20. The van der Waals surface area contributed by atoms with Crippen molar-refractivity contribution in [1.29, 1.82) is 0 Å². The van der Waals surface area contributed by atoms with Crippen molar-refractivity contribution in [3.8, 4) is 0 Å². The summed E-state index contributed by atoms with van der Waals surface area (Å²) in [6.07, 6.45) is 7.88. The summed E-state index contributed by atoms with van der Waals surface area (Å²) in [4.78, 5) is 58.3. The molecule has 278 valence electrons. The molecule has 4 saturated carbocycles. The number of allylic oxidation sites excluding steroid dienone is 2. The van der Waals surface area contributed by atoms with E-state index >= 15 is 4.79 Å². The minimum atomic E-state index is -0.868. The van der Waals surface area contributed by atoms with Crippen molar-refractivity contribution >= 4 is 23.6 Å². The van der Waals surface area contributed by atoms with Crippen LogP contribution in [0.15, 0.2) is 60.6 Å². The number of esters is 1. The van der Waals surface area contributed by atoms with Crippen LogP contribution in [0.2, 0.25) is 0 Å². The van der Waals surface area contributed by atoms with E-state index in [0.717, 1.165) is 31.3 Å². The molecule has 10 nitrogen and oxygen atoms in total. The molecule has 6 aliphatic rings. The smallest absolute Gasteiger partial charge is 0.481 e. The van der Waals surface area contributed by atoms with E-state index in [1.165, 1.54) is 0 Å². The average Bonchev–Trinajstić information content (AvgIpc) is 3.42. The molecule has 4 fully saturated rings. The third-order valence-electron chi connectivity index (χ3n) is 16.1. The van der Waals surface area contributed by atoms with Crippen LogP contribution < -0.4 is 5.82 Å². The lowest BCUT2D eigenvalue weighted by Crippen LogP contribution is -2.79. The van der Waals surface area contributed by atoms with Gasteiger partial charge in [-0.05, 0) is 119 Å². The van der Waals surface area contributed by atoms with E-state index in [9.17, 15) is 19.5 Å². The number of nitrogens with zero attached hydrogens (tertiary/aromatic N) is 1. The predicted octanol–water partition coefficient (Wildman–Crippen LogP) is 7.86. The Morgan fingerprint density at radius 2 is 1.62 bits per heavy atom. The molecule has 1 aromatic heterocycles. The highest BCUT2D eigenvalue weighted by atomic mass is 16.6. The normalized spacial score (nSPS) is 43.2. The van der Waals surface area contributed by atoms with Gasteiger partial charge >= 0.3 is 17.8 Å². The fraction of sp³-hybridized carbons (Fsp3) is 0.643. The second kappa shape index (κ2) is 11.0. The summed E-state index contributed by atoms with van der Waals surface area (Å²) in [6, 6.07) is 8.94. The van der Waals surface area contributed by atoms with Gasteiger partial charge in [0.2, 0.25) is 0 Å². The zero-order chi connectivity index (χ0) is 37.3. The molecule has 0 bridgehead atoms. The lowest BCUT2D eigenvalue weighted by atomic mass is 9.30. The van der Waals surface area contributed by atoms with E-state index in [4.69, 9.17) is 23.3 Å². The molecule has 10 atom stereocenters. The van der Waals surface area contributed by atoms with Gasteiger partial charge in [-0.1, -0.05) is 51.5 Å². The number of carboxylic acid groups (broad SMARTS) is 1. The second-order valence-electron chi connectivity index (χ2n) is 18.4. The molecule has 8 rings (SSSR count). The van der Waals surface area contributed by atoms with E-state index < -0.39 is 51.1 Å². The van der Waals surface area contributed by atoms with Gasteiger partial charge in [0.25, 0.3) is 0 Å². The van der Waals surface area contributed by atoms with Gasteiger partial charge in [0.1, 0.15) is 11.5 Å². The van der Waals surface area contributed by atoms with Gasteiger partial charge in [-0.2, -0.15) is 0 Å². The van der Waals surface area contributed by atoms with Crippen LogP contribution in [-0.4, -0.2) is 40.4 Å². The third-order valence-corrected chi connectivity index (χ3v) is 16.1. The zero-order valence-corrected chi connectivity index (χ0v) is 31.4. The molecule has 1 aliphatic heterocycles. The lowest BCUT2D eigenvalue weighted by Gasteiger charge is -2.75. The largest absolute Gasteiger partial charge is 0.519 e. The molecule has 0 saturated heterocycles. The Labute approximate surface area is 304 Å². The Hall–Kier alpha value is -3.95. The maximum atomic E-state index is 15.0. The molecule has 2 heterocycles. The Morgan fingerprint density at radius 3 is 2.29 bits per heavy atom. The number of carboxylic acids is 1. The number of fused-ring (bicyclic) bond motifs is 6. The number of benzene rings is 1. The van der Waals surface area contributed by atoms with Crippen LogP contribution in [0.5, 0.6) is 0 Å². The molecule has 1 spiro atoms.